The van der Waals surface area contributed by atoms with Gasteiger partial charge in [-0.15, -0.1) is 11.3 Å². The molecular formula is C13H13NO2S. The van der Waals surface area contributed by atoms with Crippen LogP contribution in [0.2, 0.25) is 0 Å². The molecule has 1 N–H and O–H groups in total. The van der Waals surface area contributed by atoms with Gasteiger partial charge in [-0.1, -0.05) is 6.92 Å². The summed E-state index contributed by atoms with van der Waals surface area (Å²) in [7, 11) is 0. The maximum atomic E-state index is 11.1. The zero-order valence-corrected chi connectivity index (χ0v) is 10.4. The van der Waals surface area contributed by atoms with Gasteiger partial charge in [0.25, 0.3) is 0 Å². The second kappa shape index (κ2) is 3.81. The van der Waals surface area contributed by atoms with Crippen molar-refractivity contribution in [3.63, 3.8) is 0 Å². The highest BCUT2D eigenvalue weighted by atomic mass is 32.1. The van der Waals surface area contributed by atoms with Gasteiger partial charge in [-0.05, 0) is 42.9 Å². The number of thiazole rings is 1. The molecule has 4 heteroatoms. The Morgan fingerprint density at radius 1 is 1.53 bits per heavy atom. The van der Waals surface area contributed by atoms with Gasteiger partial charge in [0, 0.05) is 0 Å². The van der Waals surface area contributed by atoms with E-state index in [-0.39, 0.29) is 0 Å². The fourth-order valence-corrected chi connectivity index (χ4v) is 3.06. The summed E-state index contributed by atoms with van der Waals surface area (Å²) in [5.41, 5.74) is 2.56. The van der Waals surface area contributed by atoms with Crippen LogP contribution in [0.3, 0.4) is 0 Å². The van der Waals surface area contributed by atoms with Crippen LogP contribution < -0.4 is 0 Å². The minimum Gasteiger partial charge on any atom is -0.478 e. The molecule has 0 aliphatic heterocycles. The van der Waals surface area contributed by atoms with Gasteiger partial charge >= 0.3 is 5.97 Å². The molecule has 0 unspecified atom stereocenters. The lowest BCUT2D eigenvalue weighted by molar-refractivity contribution is 0.0697. The van der Waals surface area contributed by atoms with Crippen molar-refractivity contribution in [2.45, 2.75) is 32.1 Å². The number of carbonyl (C=O) groups is 1. The molecule has 17 heavy (non-hydrogen) atoms. The first-order chi connectivity index (χ1) is 8.19. The number of fused-ring (bicyclic) bond motifs is 1. The van der Waals surface area contributed by atoms with Crippen molar-refractivity contribution in [3.8, 4) is 0 Å². The molecule has 3 rings (SSSR count). The van der Waals surface area contributed by atoms with Gasteiger partial charge in [-0.3, -0.25) is 0 Å². The van der Waals surface area contributed by atoms with Gasteiger partial charge in [0.15, 0.2) is 0 Å². The molecule has 0 saturated heterocycles. The Kier molecular flexibility index (Phi) is 2.40. The number of carboxylic acid groups (broad SMARTS) is 1. The Balaban J connectivity index is 2.25. The predicted molar refractivity (Wildman–Crippen MR) is 67.9 cm³/mol. The Hall–Kier alpha value is -1.42. The van der Waals surface area contributed by atoms with Gasteiger partial charge in [0.1, 0.15) is 0 Å². The van der Waals surface area contributed by atoms with Gasteiger partial charge < -0.3 is 5.11 Å². The predicted octanol–water partition coefficient (Wildman–Crippen LogP) is 3.43. The van der Waals surface area contributed by atoms with Crippen molar-refractivity contribution in [3.05, 3.63) is 28.3 Å². The summed E-state index contributed by atoms with van der Waals surface area (Å²) in [5, 5.41) is 10.2. The summed E-state index contributed by atoms with van der Waals surface area (Å²) in [6.07, 6.45) is 3.24. The Bertz CT molecular complexity index is 599. The van der Waals surface area contributed by atoms with Crippen molar-refractivity contribution in [1.29, 1.82) is 0 Å². The molecule has 0 spiro atoms. The number of rotatable bonds is 3. The Morgan fingerprint density at radius 3 is 2.88 bits per heavy atom. The topological polar surface area (TPSA) is 50.2 Å². The standard InChI is InChI=1S/C13H13NO2S/c1-2-11-14-12-9(7-3-4-7)5-8(13(15)16)6-10(12)17-11/h5-7H,2-4H2,1H3,(H,15,16). The minimum atomic E-state index is -0.847. The molecule has 1 aliphatic rings. The van der Waals surface area contributed by atoms with Gasteiger partial charge in [0.2, 0.25) is 0 Å². The third kappa shape index (κ3) is 1.82. The quantitative estimate of drug-likeness (QED) is 0.904. The zero-order chi connectivity index (χ0) is 12.0. The van der Waals surface area contributed by atoms with Crippen LogP contribution in [-0.4, -0.2) is 16.1 Å². The minimum absolute atomic E-state index is 0.394. The molecule has 0 atom stereocenters. The van der Waals surface area contributed by atoms with E-state index >= 15 is 0 Å². The van der Waals surface area contributed by atoms with E-state index in [4.69, 9.17) is 5.11 Å². The SMILES string of the molecule is CCc1nc2c(C3CC3)cc(C(=O)O)cc2s1. The van der Waals surface area contributed by atoms with E-state index in [0.717, 1.165) is 40.1 Å². The average Bonchev–Trinajstić information content (AvgIpc) is 3.06. The van der Waals surface area contributed by atoms with E-state index < -0.39 is 5.97 Å². The van der Waals surface area contributed by atoms with Crippen LogP contribution in [0.25, 0.3) is 10.2 Å². The lowest BCUT2D eigenvalue weighted by Crippen LogP contribution is -1.97. The smallest absolute Gasteiger partial charge is 0.335 e. The second-order valence-corrected chi connectivity index (χ2v) is 5.57. The molecule has 2 aromatic rings. The van der Waals surface area contributed by atoms with E-state index in [1.807, 2.05) is 6.07 Å². The summed E-state index contributed by atoms with van der Waals surface area (Å²) in [4.78, 5) is 15.7. The van der Waals surface area contributed by atoms with E-state index in [1.54, 1.807) is 17.4 Å². The molecule has 88 valence electrons. The third-order valence-electron chi connectivity index (χ3n) is 3.14. The normalized spacial score (nSPS) is 15.4. The summed E-state index contributed by atoms with van der Waals surface area (Å²) in [6.45, 7) is 2.08. The van der Waals surface area contributed by atoms with Crippen molar-refractivity contribution in [1.82, 2.24) is 4.98 Å². The van der Waals surface area contributed by atoms with Gasteiger partial charge in [-0.2, -0.15) is 0 Å². The third-order valence-corrected chi connectivity index (χ3v) is 4.28. The maximum absolute atomic E-state index is 11.1. The van der Waals surface area contributed by atoms with Crippen LogP contribution in [0.4, 0.5) is 0 Å². The van der Waals surface area contributed by atoms with Crippen LogP contribution in [-0.2, 0) is 6.42 Å². The number of hydrogen-bond donors (Lipinski definition) is 1. The molecule has 1 aromatic heterocycles. The maximum Gasteiger partial charge on any atom is 0.335 e. The second-order valence-electron chi connectivity index (χ2n) is 4.45. The van der Waals surface area contributed by atoms with E-state index in [0.29, 0.717) is 11.5 Å². The van der Waals surface area contributed by atoms with Crippen LogP contribution in [0.15, 0.2) is 12.1 Å². The largest absolute Gasteiger partial charge is 0.478 e. The number of hydrogen-bond acceptors (Lipinski definition) is 3. The summed E-state index contributed by atoms with van der Waals surface area (Å²) >= 11 is 1.61. The molecule has 0 radical (unpaired) electrons. The lowest BCUT2D eigenvalue weighted by atomic mass is 10.1. The number of nitrogens with zero attached hydrogens (tertiary/aromatic N) is 1. The highest BCUT2D eigenvalue weighted by Crippen LogP contribution is 2.44. The van der Waals surface area contributed by atoms with Crippen molar-refractivity contribution < 1.29 is 9.90 Å². The van der Waals surface area contributed by atoms with Crippen LogP contribution in [0.5, 0.6) is 0 Å². The zero-order valence-electron chi connectivity index (χ0n) is 9.56. The molecule has 1 saturated carbocycles. The van der Waals surface area contributed by atoms with E-state index in [9.17, 15) is 4.79 Å². The van der Waals surface area contributed by atoms with E-state index in [2.05, 4.69) is 11.9 Å². The Morgan fingerprint density at radius 2 is 2.29 bits per heavy atom. The fourth-order valence-electron chi connectivity index (χ4n) is 2.08. The molecule has 0 bridgehead atoms. The summed E-state index contributed by atoms with van der Waals surface area (Å²) in [5.74, 6) is -0.316. The molecular weight excluding hydrogens is 234 g/mol. The first kappa shape index (κ1) is 10.7. The Labute approximate surface area is 103 Å². The number of carboxylic acids is 1. The molecule has 1 heterocycles. The molecule has 0 amide bonds. The van der Waals surface area contributed by atoms with Crippen LogP contribution >= 0.6 is 11.3 Å². The van der Waals surface area contributed by atoms with Gasteiger partial charge in [0.05, 0.1) is 20.8 Å². The molecule has 3 nitrogen and oxygen atoms in total. The molecule has 1 aromatic carbocycles. The molecule has 1 aliphatic carbocycles. The number of aromatic carboxylic acids is 1. The fraction of sp³-hybridized carbons (Fsp3) is 0.385. The summed E-state index contributed by atoms with van der Waals surface area (Å²) in [6, 6.07) is 3.56. The number of aryl methyl sites for hydroxylation is 1. The lowest BCUT2D eigenvalue weighted by Gasteiger charge is -2.02. The number of benzene rings is 1. The first-order valence-corrected chi connectivity index (χ1v) is 6.67. The van der Waals surface area contributed by atoms with Crippen LogP contribution in [0.1, 0.15) is 46.6 Å². The first-order valence-electron chi connectivity index (χ1n) is 5.85. The highest BCUT2D eigenvalue weighted by Gasteiger charge is 2.27. The molecule has 1 fully saturated rings. The van der Waals surface area contributed by atoms with E-state index in [1.165, 1.54) is 0 Å². The van der Waals surface area contributed by atoms with Gasteiger partial charge in [-0.25, -0.2) is 9.78 Å². The van der Waals surface area contributed by atoms with Crippen molar-refractivity contribution >= 4 is 27.5 Å². The van der Waals surface area contributed by atoms with Crippen molar-refractivity contribution in [2.75, 3.05) is 0 Å². The highest BCUT2D eigenvalue weighted by molar-refractivity contribution is 7.18. The monoisotopic (exact) mass is 247 g/mol. The summed E-state index contributed by atoms with van der Waals surface area (Å²) < 4.78 is 1.02. The van der Waals surface area contributed by atoms with Crippen molar-refractivity contribution in [2.24, 2.45) is 0 Å². The average molecular weight is 247 g/mol. The number of aromatic nitrogens is 1. The van der Waals surface area contributed by atoms with Crippen LogP contribution in [0, 0.1) is 0 Å².